The van der Waals surface area contributed by atoms with Crippen molar-refractivity contribution in [3.63, 3.8) is 0 Å². The van der Waals surface area contributed by atoms with Crippen LogP contribution in [0.15, 0.2) is 65.6 Å². The molecule has 0 aliphatic carbocycles. The lowest BCUT2D eigenvalue weighted by Crippen LogP contribution is -2.32. The monoisotopic (exact) mass is 542 g/mol. The van der Waals surface area contributed by atoms with Gasteiger partial charge in [0.2, 0.25) is 10.0 Å². The van der Waals surface area contributed by atoms with Gasteiger partial charge in [0.25, 0.3) is 0 Å². The number of hydrogen-bond acceptors (Lipinski definition) is 7. The number of hydrogen-bond donors (Lipinski definition) is 0. The molecule has 0 radical (unpaired) electrons. The highest BCUT2D eigenvalue weighted by molar-refractivity contribution is 7.89. The first-order valence-electron chi connectivity index (χ1n) is 11.6. The van der Waals surface area contributed by atoms with Gasteiger partial charge in [-0.05, 0) is 42.5 Å². The number of aromatic nitrogens is 1. The Bertz CT molecular complexity index is 1500. The van der Waals surface area contributed by atoms with Gasteiger partial charge in [0, 0.05) is 35.7 Å². The van der Waals surface area contributed by atoms with E-state index in [1.165, 1.54) is 10.4 Å². The standard InChI is InChI=1S/C26H23ClN2O5S2/c27-19-4-3-5-21(14-19)36(30,31)29-9-11-33-25-18(15-29)12-17(13-23(25)34-20-8-10-32-16-20)26-28-22-6-1-2-7-24(22)35-26/h1-7,12-14,20H,8-11,15-16H2. The van der Waals surface area contributed by atoms with Gasteiger partial charge in [0.1, 0.15) is 17.7 Å². The molecule has 0 amide bonds. The molecule has 1 aromatic heterocycles. The number of benzene rings is 3. The van der Waals surface area contributed by atoms with Crippen LogP contribution in [-0.4, -0.2) is 50.2 Å². The van der Waals surface area contributed by atoms with Crippen LogP contribution in [0.1, 0.15) is 12.0 Å². The summed E-state index contributed by atoms with van der Waals surface area (Å²) in [5.41, 5.74) is 2.50. The van der Waals surface area contributed by atoms with Crippen LogP contribution >= 0.6 is 22.9 Å². The van der Waals surface area contributed by atoms with Crippen LogP contribution < -0.4 is 9.47 Å². The van der Waals surface area contributed by atoms with Gasteiger partial charge in [-0.25, -0.2) is 13.4 Å². The summed E-state index contributed by atoms with van der Waals surface area (Å²) >= 11 is 7.67. The average Bonchev–Trinajstić information content (AvgIpc) is 3.49. The first kappa shape index (κ1) is 23.7. The van der Waals surface area contributed by atoms with E-state index in [1.807, 2.05) is 36.4 Å². The molecule has 0 N–H and O–H groups in total. The van der Waals surface area contributed by atoms with Crippen molar-refractivity contribution < 1.29 is 22.6 Å². The third-order valence-electron chi connectivity index (χ3n) is 6.22. The molecule has 36 heavy (non-hydrogen) atoms. The van der Waals surface area contributed by atoms with E-state index in [-0.39, 0.29) is 30.7 Å². The maximum atomic E-state index is 13.5. The van der Waals surface area contributed by atoms with Crippen LogP contribution in [0.2, 0.25) is 5.02 Å². The van der Waals surface area contributed by atoms with Crippen molar-refractivity contribution in [3.8, 4) is 22.1 Å². The largest absolute Gasteiger partial charge is 0.488 e. The van der Waals surface area contributed by atoms with Crippen molar-refractivity contribution in [2.75, 3.05) is 26.4 Å². The molecule has 1 atom stereocenters. The molecular formula is C26H23ClN2O5S2. The van der Waals surface area contributed by atoms with E-state index < -0.39 is 10.0 Å². The Kier molecular flexibility index (Phi) is 6.35. The molecule has 0 spiro atoms. The van der Waals surface area contributed by atoms with Gasteiger partial charge in [-0.3, -0.25) is 0 Å². The smallest absolute Gasteiger partial charge is 0.243 e. The Morgan fingerprint density at radius 2 is 1.97 bits per heavy atom. The van der Waals surface area contributed by atoms with Crippen LogP contribution in [0.4, 0.5) is 0 Å². The van der Waals surface area contributed by atoms with Crippen LogP contribution in [0, 0.1) is 0 Å². The Balaban J connectivity index is 1.43. The van der Waals surface area contributed by atoms with E-state index in [1.54, 1.807) is 29.5 Å². The van der Waals surface area contributed by atoms with E-state index >= 15 is 0 Å². The Labute approximate surface area is 218 Å². The van der Waals surface area contributed by atoms with Crippen LogP contribution in [0.5, 0.6) is 11.5 Å². The quantitative estimate of drug-likeness (QED) is 0.337. The minimum absolute atomic E-state index is 0.0853. The molecule has 6 rings (SSSR count). The van der Waals surface area contributed by atoms with Crippen molar-refractivity contribution in [1.82, 2.24) is 9.29 Å². The second-order valence-corrected chi connectivity index (χ2v) is 12.1. The predicted octanol–water partition coefficient (Wildman–Crippen LogP) is 5.37. The highest BCUT2D eigenvalue weighted by Gasteiger charge is 2.31. The number of nitrogens with zero attached hydrogens (tertiary/aromatic N) is 2. The third kappa shape index (κ3) is 4.57. The molecule has 1 unspecified atom stereocenters. The first-order valence-corrected chi connectivity index (χ1v) is 14.3. The first-order chi connectivity index (χ1) is 17.5. The molecule has 0 saturated carbocycles. The molecular weight excluding hydrogens is 520 g/mol. The molecule has 4 aromatic rings. The molecule has 2 aliphatic rings. The molecule has 0 bridgehead atoms. The second kappa shape index (κ2) is 9.64. The summed E-state index contributed by atoms with van der Waals surface area (Å²) in [6, 6.07) is 18.2. The zero-order valence-electron chi connectivity index (χ0n) is 19.2. The van der Waals surface area contributed by atoms with Crippen molar-refractivity contribution in [2.24, 2.45) is 0 Å². The number of ether oxygens (including phenoxy) is 3. The van der Waals surface area contributed by atoms with Crippen molar-refractivity contribution >= 4 is 43.2 Å². The van der Waals surface area contributed by atoms with Gasteiger partial charge in [0.05, 0.1) is 28.3 Å². The number of thiazole rings is 1. The fourth-order valence-corrected chi connectivity index (χ4v) is 7.09. The summed E-state index contributed by atoms with van der Waals surface area (Å²) in [6.07, 6.45) is 0.702. The van der Waals surface area contributed by atoms with Gasteiger partial charge in [-0.15, -0.1) is 11.3 Å². The highest BCUT2D eigenvalue weighted by atomic mass is 35.5. The van der Waals surface area contributed by atoms with Gasteiger partial charge in [-0.1, -0.05) is 29.8 Å². The lowest BCUT2D eigenvalue weighted by Gasteiger charge is -2.20. The third-order valence-corrected chi connectivity index (χ3v) is 9.38. The zero-order valence-corrected chi connectivity index (χ0v) is 21.6. The number of fused-ring (bicyclic) bond motifs is 2. The number of rotatable bonds is 5. The van der Waals surface area contributed by atoms with E-state index in [9.17, 15) is 8.42 Å². The van der Waals surface area contributed by atoms with Crippen LogP contribution in [0.3, 0.4) is 0 Å². The summed E-state index contributed by atoms with van der Waals surface area (Å²) in [5, 5.41) is 1.20. The van der Waals surface area contributed by atoms with E-state index in [4.69, 9.17) is 30.8 Å². The maximum absolute atomic E-state index is 13.5. The van der Waals surface area contributed by atoms with Gasteiger partial charge in [0.15, 0.2) is 11.5 Å². The van der Waals surface area contributed by atoms with Crippen LogP contribution in [0.25, 0.3) is 20.8 Å². The molecule has 3 heterocycles. The Morgan fingerprint density at radius 3 is 2.78 bits per heavy atom. The van der Waals surface area contributed by atoms with E-state index in [0.717, 1.165) is 32.8 Å². The van der Waals surface area contributed by atoms with Crippen molar-refractivity contribution in [1.29, 1.82) is 0 Å². The van der Waals surface area contributed by atoms with E-state index in [2.05, 4.69) is 0 Å². The summed E-state index contributed by atoms with van der Waals surface area (Å²) in [6.45, 7) is 1.70. The molecule has 10 heteroatoms. The van der Waals surface area contributed by atoms with E-state index in [0.29, 0.717) is 29.7 Å². The molecule has 2 aliphatic heterocycles. The van der Waals surface area contributed by atoms with Crippen molar-refractivity contribution in [2.45, 2.75) is 24.0 Å². The summed E-state index contributed by atoms with van der Waals surface area (Å²) in [4.78, 5) is 4.96. The number of halogens is 1. The number of para-hydroxylation sites is 1. The fraction of sp³-hybridized carbons (Fsp3) is 0.269. The minimum atomic E-state index is -3.79. The lowest BCUT2D eigenvalue weighted by molar-refractivity contribution is 0.137. The topological polar surface area (TPSA) is 78.0 Å². The summed E-state index contributed by atoms with van der Waals surface area (Å²) < 4.78 is 47.4. The second-order valence-electron chi connectivity index (χ2n) is 8.70. The molecule has 186 valence electrons. The number of sulfonamides is 1. The molecule has 1 fully saturated rings. The molecule has 7 nitrogen and oxygen atoms in total. The Morgan fingerprint density at radius 1 is 1.08 bits per heavy atom. The summed E-state index contributed by atoms with van der Waals surface area (Å²) in [7, 11) is -3.79. The Hall–Kier alpha value is -2.69. The van der Waals surface area contributed by atoms with Crippen LogP contribution in [-0.2, 0) is 21.3 Å². The normalized spacial score (nSPS) is 18.5. The molecule has 1 saturated heterocycles. The van der Waals surface area contributed by atoms with Crippen molar-refractivity contribution in [3.05, 3.63) is 71.2 Å². The van der Waals surface area contributed by atoms with Gasteiger partial charge in [-0.2, -0.15) is 4.31 Å². The summed E-state index contributed by atoms with van der Waals surface area (Å²) in [5.74, 6) is 1.15. The van der Waals surface area contributed by atoms with Gasteiger partial charge >= 0.3 is 0 Å². The SMILES string of the molecule is O=S(=O)(c1cccc(Cl)c1)N1CCOc2c(cc(-c3nc4ccccc4s3)cc2OC2CCOC2)C1. The minimum Gasteiger partial charge on any atom is -0.488 e. The lowest BCUT2D eigenvalue weighted by atomic mass is 10.1. The maximum Gasteiger partial charge on any atom is 0.243 e. The fourth-order valence-electron chi connectivity index (χ4n) is 4.43. The highest BCUT2D eigenvalue weighted by Crippen LogP contribution is 2.42. The zero-order chi connectivity index (χ0) is 24.7. The van der Waals surface area contributed by atoms with Gasteiger partial charge < -0.3 is 14.2 Å². The molecule has 3 aromatic carbocycles. The average molecular weight is 543 g/mol. The predicted molar refractivity (Wildman–Crippen MR) is 139 cm³/mol.